The van der Waals surface area contributed by atoms with Gasteiger partial charge in [0.1, 0.15) is 5.82 Å². The van der Waals surface area contributed by atoms with E-state index in [4.69, 9.17) is 4.98 Å². The Bertz CT molecular complexity index is 1250. The molecule has 1 fully saturated rings. The zero-order valence-corrected chi connectivity index (χ0v) is 19.1. The minimum atomic E-state index is -3.34. The Labute approximate surface area is 189 Å². The van der Waals surface area contributed by atoms with Gasteiger partial charge in [0.25, 0.3) is 0 Å². The van der Waals surface area contributed by atoms with Crippen molar-refractivity contribution in [3.05, 3.63) is 65.2 Å². The molecule has 2 aromatic carbocycles. The molecule has 0 saturated carbocycles. The molecule has 3 aromatic rings. The zero-order chi connectivity index (χ0) is 22.3. The number of fused-ring (bicyclic) bond motifs is 2. The lowest BCUT2D eigenvalue weighted by molar-refractivity contribution is 0.0902. The number of aliphatic hydroxyl groups is 1. The first kappa shape index (κ1) is 21.4. The van der Waals surface area contributed by atoms with Gasteiger partial charge in [0.2, 0.25) is 0 Å². The van der Waals surface area contributed by atoms with Gasteiger partial charge >= 0.3 is 0 Å². The first-order valence-electron chi connectivity index (χ1n) is 11.3. The fraction of sp³-hybridized carbons (Fsp3) is 0.400. The van der Waals surface area contributed by atoms with Gasteiger partial charge < -0.3 is 15.3 Å². The number of rotatable bonds is 3. The summed E-state index contributed by atoms with van der Waals surface area (Å²) in [6.07, 6.45) is 1.29. The van der Waals surface area contributed by atoms with Crippen LogP contribution in [0.3, 0.4) is 0 Å². The van der Waals surface area contributed by atoms with Crippen LogP contribution in [0.5, 0.6) is 0 Å². The highest BCUT2D eigenvalue weighted by Gasteiger charge is 2.28. The lowest BCUT2D eigenvalue weighted by atomic mass is 9.86. The third-order valence-corrected chi connectivity index (χ3v) is 8.54. The SMILES string of the molecule is Cc1ccc2nc(N3CCS(=O)(=O)c4ccccc4C3)cc(C(O)C3CCNCC3)c2c1. The molecule has 2 aliphatic heterocycles. The lowest BCUT2D eigenvalue weighted by Crippen LogP contribution is -2.31. The van der Waals surface area contributed by atoms with Crippen LogP contribution in [-0.2, 0) is 16.4 Å². The number of hydrogen-bond donors (Lipinski definition) is 2. The van der Waals surface area contributed by atoms with Crippen LogP contribution < -0.4 is 10.2 Å². The third-order valence-electron chi connectivity index (χ3n) is 6.75. The van der Waals surface area contributed by atoms with E-state index in [1.807, 2.05) is 42.2 Å². The summed E-state index contributed by atoms with van der Waals surface area (Å²) in [5.41, 5.74) is 3.63. The van der Waals surface area contributed by atoms with Gasteiger partial charge in [0, 0.05) is 18.5 Å². The van der Waals surface area contributed by atoms with Crippen molar-refractivity contribution in [2.45, 2.75) is 37.3 Å². The van der Waals surface area contributed by atoms with E-state index in [9.17, 15) is 13.5 Å². The van der Waals surface area contributed by atoms with Gasteiger partial charge in [-0.3, -0.25) is 0 Å². The van der Waals surface area contributed by atoms with Crippen molar-refractivity contribution in [3.8, 4) is 0 Å². The summed E-state index contributed by atoms with van der Waals surface area (Å²) in [7, 11) is -3.34. The van der Waals surface area contributed by atoms with Gasteiger partial charge in [-0.1, -0.05) is 29.8 Å². The van der Waals surface area contributed by atoms with Gasteiger partial charge in [0.05, 0.1) is 22.3 Å². The highest BCUT2D eigenvalue weighted by Crippen LogP contribution is 2.36. The highest BCUT2D eigenvalue weighted by molar-refractivity contribution is 7.91. The molecular weight excluding hydrogens is 422 g/mol. The van der Waals surface area contributed by atoms with E-state index in [-0.39, 0.29) is 11.7 Å². The van der Waals surface area contributed by atoms with Gasteiger partial charge in [-0.2, -0.15) is 0 Å². The van der Waals surface area contributed by atoms with E-state index in [2.05, 4.69) is 11.4 Å². The molecule has 1 aromatic heterocycles. The van der Waals surface area contributed by atoms with Crippen molar-refractivity contribution in [2.24, 2.45) is 5.92 Å². The fourth-order valence-electron chi connectivity index (χ4n) is 4.93. The van der Waals surface area contributed by atoms with Crippen LogP contribution in [0.1, 0.15) is 35.6 Å². The Balaban J connectivity index is 1.60. The normalized spacial score (nSPS) is 20.0. The van der Waals surface area contributed by atoms with Gasteiger partial charge in [-0.05, 0) is 74.2 Å². The second-order valence-electron chi connectivity index (χ2n) is 8.97. The molecule has 0 aliphatic carbocycles. The van der Waals surface area contributed by atoms with E-state index in [0.717, 1.165) is 59.3 Å². The number of anilines is 1. The number of aromatic nitrogens is 1. The molecule has 3 heterocycles. The minimum absolute atomic E-state index is 0.0454. The molecule has 0 amide bonds. The summed E-state index contributed by atoms with van der Waals surface area (Å²) in [4.78, 5) is 7.34. The number of nitrogens with zero attached hydrogens (tertiary/aromatic N) is 2. The maximum absolute atomic E-state index is 12.8. The summed E-state index contributed by atoms with van der Waals surface area (Å²) in [6, 6.07) is 15.3. The van der Waals surface area contributed by atoms with E-state index in [0.29, 0.717) is 18.0 Å². The number of piperidine rings is 1. The molecule has 2 aliphatic rings. The summed E-state index contributed by atoms with van der Waals surface area (Å²) in [5, 5.41) is 15.7. The molecule has 0 bridgehead atoms. The number of hydrogen-bond acceptors (Lipinski definition) is 6. The van der Waals surface area contributed by atoms with Crippen molar-refractivity contribution in [2.75, 3.05) is 30.3 Å². The second kappa shape index (κ2) is 8.46. The molecule has 7 heteroatoms. The molecule has 5 rings (SSSR count). The topological polar surface area (TPSA) is 82.5 Å². The monoisotopic (exact) mass is 451 g/mol. The average molecular weight is 452 g/mol. The fourth-order valence-corrected chi connectivity index (χ4v) is 6.43. The van der Waals surface area contributed by atoms with Crippen LogP contribution in [-0.4, -0.2) is 43.9 Å². The lowest BCUT2D eigenvalue weighted by Gasteiger charge is -2.29. The summed E-state index contributed by atoms with van der Waals surface area (Å²) >= 11 is 0. The van der Waals surface area contributed by atoms with Crippen LogP contribution in [0, 0.1) is 12.8 Å². The van der Waals surface area contributed by atoms with Crippen molar-refractivity contribution in [3.63, 3.8) is 0 Å². The van der Waals surface area contributed by atoms with Crippen molar-refractivity contribution in [1.29, 1.82) is 0 Å². The van der Waals surface area contributed by atoms with Crippen molar-refractivity contribution in [1.82, 2.24) is 10.3 Å². The first-order valence-corrected chi connectivity index (χ1v) is 12.9. The first-order chi connectivity index (χ1) is 15.4. The van der Waals surface area contributed by atoms with E-state index in [1.54, 1.807) is 12.1 Å². The highest BCUT2D eigenvalue weighted by atomic mass is 32.2. The standard InChI is InChI=1S/C25H29N3O3S/c1-17-6-7-22-20(14-17)21(25(29)18-8-10-26-11-9-18)15-24(27-22)28-12-13-32(30,31)23-5-3-2-4-19(23)16-28/h2-7,14-15,18,25-26,29H,8-13,16H2,1H3. The molecule has 6 nitrogen and oxygen atoms in total. The Hall–Kier alpha value is -2.48. The number of aryl methyl sites for hydroxylation is 1. The van der Waals surface area contributed by atoms with Crippen LogP contribution in [0.2, 0.25) is 0 Å². The van der Waals surface area contributed by atoms with Gasteiger partial charge in [0.15, 0.2) is 9.84 Å². The molecule has 1 atom stereocenters. The van der Waals surface area contributed by atoms with Gasteiger partial charge in [-0.15, -0.1) is 0 Å². The summed E-state index contributed by atoms with van der Waals surface area (Å²) < 4.78 is 25.6. The number of aliphatic hydroxyl groups excluding tert-OH is 1. The van der Waals surface area contributed by atoms with Crippen LogP contribution in [0.15, 0.2) is 53.4 Å². The molecular formula is C25H29N3O3S. The Morgan fingerprint density at radius 2 is 1.91 bits per heavy atom. The number of benzene rings is 2. The number of pyridine rings is 1. The molecule has 0 radical (unpaired) electrons. The van der Waals surface area contributed by atoms with Crippen molar-refractivity contribution < 1.29 is 13.5 Å². The summed E-state index contributed by atoms with van der Waals surface area (Å²) in [5.74, 6) is 0.959. The largest absolute Gasteiger partial charge is 0.388 e. The summed E-state index contributed by atoms with van der Waals surface area (Å²) in [6.45, 7) is 4.71. The zero-order valence-electron chi connectivity index (χ0n) is 18.3. The Morgan fingerprint density at radius 1 is 1.12 bits per heavy atom. The predicted octanol–water partition coefficient (Wildman–Crippen LogP) is 3.37. The smallest absolute Gasteiger partial charge is 0.180 e. The maximum Gasteiger partial charge on any atom is 0.180 e. The number of sulfone groups is 1. The molecule has 2 N–H and O–H groups in total. The molecule has 1 saturated heterocycles. The third kappa shape index (κ3) is 4.00. The minimum Gasteiger partial charge on any atom is -0.388 e. The van der Waals surface area contributed by atoms with Crippen LogP contribution in [0.4, 0.5) is 5.82 Å². The Morgan fingerprint density at radius 3 is 2.72 bits per heavy atom. The van der Waals surface area contributed by atoms with E-state index in [1.165, 1.54) is 0 Å². The van der Waals surface area contributed by atoms with Crippen molar-refractivity contribution >= 4 is 26.6 Å². The second-order valence-corrected chi connectivity index (χ2v) is 11.0. The predicted molar refractivity (Wildman–Crippen MR) is 127 cm³/mol. The molecule has 168 valence electrons. The molecule has 32 heavy (non-hydrogen) atoms. The maximum atomic E-state index is 12.8. The molecule has 1 unspecified atom stereocenters. The van der Waals surface area contributed by atoms with Crippen LogP contribution >= 0.6 is 0 Å². The number of nitrogens with one attached hydrogen (secondary N) is 1. The van der Waals surface area contributed by atoms with E-state index >= 15 is 0 Å². The van der Waals surface area contributed by atoms with E-state index < -0.39 is 15.9 Å². The average Bonchev–Trinajstić information content (AvgIpc) is 2.94. The van der Waals surface area contributed by atoms with Crippen LogP contribution in [0.25, 0.3) is 10.9 Å². The molecule has 0 spiro atoms. The Kier molecular flexibility index (Phi) is 5.65. The van der Waals surface area contributed by atoms with Gasteiger partial charge in [-0.25, -0.2) is 13.4 Å². The quantitative estimate of drug-likeness (QED) is 0.635.